The smallest absolute Gasteiger partial charge is 0.324 e. The topological polar surface area (TPSA) is 84.9 Å². The second-order valence-corrected chi connectivity index (χ2v) is 5.96. The Hall–Kier alpha value is -2.20. The summed E-state index contributed by atoms with van der Waals surface area (Å²) in [4.78, 5) is 20.1. The van der Waals surface area contributed by atoms with E-state index in [1.54, 1.807) is 20.8 Å². The molecule has 130 valence electrons. The lowest BCUT2D eigenvalue weighted by Crippen LogP contribution is -2.24. The highest BCUT2D eigenvalue weighted by atomic mass is 35.5. The van der Waals surface area contributed by atoms with Crippen LogP contribution in [0.5, 0.6) is 0 Å². The molecule has 0 aliphatic heterocycles. The molecule has 0 aliphatic rings. The third kappa shape index (κ3) is 5.46. The van der Waals surface area contributed by atoms with Crippen molar-refractivity contribution < 1.29 is 18.0 Å². The first kappa shape index (κ1) is 18.1. The molecule has 0 atom stereocenters. The largest absolute Gasteiger partial charge is 0.433 e. The van der Waals surface area contributed by atoms with E-state index in [9.17, 15) is 13.2 Å². The third-order valence-corrected chi connectivity index (χ3v) is 2.53. The van der Waals surface area contributed by atoms with Gasteiger partial charge >= 0.3 is 6.18 Å². The van der Waals surface area contributed by atoms with Crippen LogP contribution in [-0.2, 0) is 11.0 Å². The van der Waals surface area contributed by atoms with Gasteiger partial charge in [-0.15, -0.1) is 0 Å². The molecule has 2 heterocycles. The van der Waals surface area contributed by atoms with E-state index in [0.29, 0.717) is 0 Å². The number of hydrogen-bond acceptors (Lipinski definition) is 7. The minimum atomic E-state index is -4.55. The molecule has 0 aliphatic carbocycles. The van der Waals surface area contributed by atoms with E-state index >= 15 is 0 Å². The summed E-state index contributed by atoms with van der Waals surface area (Å²) in [5.41, 5.74) is 1.05. The van der Waals surface area contributed by atoms with Crippen molar-refractivity contribution in [3.05, 3.63) is 29.3 Å². The minimum absolute atomic E-state index is 0.0116. The molecule has 0 bridgehead atoms. The summed E-state index contributed by atoms with van der Waals surface area (Å²) < 4.78 is 38.0. The lowest BCUT2D eigenvalue weighted by atomic mass is 10.2. The molecule has 0 aromatic carbocycles. The Morgan fingerprint density at radius 3 is 2.38 bits per heavy atom. The van der Waals surface area contributed by atoms with E-state index in [4.69, 9.17) is 16.4 Å². The molecule has 0 fully saturated rings. The first-order valence-electron chi connectivity index (χ1n) is 6.69. The van der Waals surface area contributed by atoms with Gasteiger partial charge in [0.2, 0.25) is 11.2 Å². The van der Waals surface area contributed by atoms with Crippen molar-refractivity contribution in [1.29, 1.82) is 0 Å². The maximum atomic E-state index is 12.7. The summed E-state index contributed by atoms with van der Waals surface area (Å²) >= 11 is 5.78. The molecular formula is C13H14ClF3N6O. The van der Waals surface area contributed by atoms with Crippen LogP contribution in [0.2, 0.25) is 5.28 Å². The zero-order valence-electron chi connectivity index (χ0n) is 12.9. The second kappa shape index (κ2) is 6.73. The monoisotopic (exact) mass is 362 g/mol. The number of nitrogens with one attached hydrogen (secondary N) is 2. The molecule has 2 rings (SSSR count). The Kier molecular flexibility index (Phi) is 5.09. The van der Waals surface area contributed by atoms with Crippen molar-refractivity contribution in [2.75, 3.05) is 10.8 Å². The molecule has 0 radical (unpaired) electrons. The molecule has 0 saturated heterocycles. The molecule has 0 spiro atoms. The van der Waals surface area contributed by atoms with Gasteiger partial charge in [-0.05, 0) is 44.5 Å². The fourth-order valence-corrected chi connectivity index (χ4v) is 1.60. The fraction of sp³-hybridized carbons (Fsp3) is 0.385. The zero-order valence-corrected chi connectivity index (χ0v) is 13.7. The van der Waals surface area contributed by atoms with Gasteiger partial charge in [-0.3, -0.25) is 9.82 Å². The summed E-state index contributed by atoms with van der Waals surface area (Å²) in [6.07, 6.45) is -3.53. The Bertz CT molecular complexity index is 720. The average molecular weight is 363 g/mol. The number of anilines is 3. The number of alkyl halides is 3. The Morgan fingerprint density at radius 2 is 1.75 bits per heavy atom. The number of rotatable bonds is 4. The molecule has 2 aromatic heterocycles. The Morgan fingerprint density at radius 1 is 1.08 bits per heavy atom. The van der Waals surface area contributed by atoms with E-state index < -0.39 is 17.5 Å². The van der Waals surface area contributed by atoms with Crippen LogP contribution in [-0.4, -0.2) is 25.5 Å². The van der Waals surface area contributed by atoms with Crippen LogP contribution in [0.4, 0.5) is 30.8 Å². The molecule has 24 heavy (non-hydrogen) atoms. The van der Waals surface area contributed by atoms with Crippen molar-refractivity contribution in [3.63, 3.8) is 0 Å². The standard InChI is InChI=1S/C13H14ClF3N6O/c1-12(2,3)24-23-11-21-9(14)20-10(22-11)19-7-4-5-18-8(6-7)13(15,16)17/h4-6H,1-3H3,(H2,18,19,20,21,22,23). The van der Waals surface area contributed by atoms with Gasteiger partial charge in [-0.1, -0.05) is 0 Å². The van der Waals surface area contributed by atoms with Crippen LogP contribution in [0.1, 0.15) is 26.5 Å². The molecule has 0 saturated carbocycles. The molecule has 2 N–H and O–H groups in total. The Balaban J connectivity index is 2.19. The molecular weight excluding hydrogens is 349 g/mol. The van der Waals surface area contributed by atoms with Gasteiger partial charge in [0.1, 0.15) is 5.69 Å². The summed E-state index contributed by atoms with van der Waals surface area (Å²) in [6, 6.07) is 2.17. The lowest BCUT2D eigenvalue weighted by molar-refractivity contribution is -0.141. The number of pyridine rings is 1. The maximum absolute atomic E-state index is 12.7. The quantitative estimate of drug-likeness (QED) is 0.799. The minimum Gasteiger partial charge on any atom is -0.324 e. The van der Waals surface area contributed by atoms with Gasteiger partial charge in [-0.2, -0.15) is 28.1 Å². The van der Waals surface area contributed by atoms with Gasteiger partial charge in [0.25, 0.3) is 5.95 Å². The van der Waals surface area contributed by atoms with Crippen LogP contribution in [0.25, 0.3) is 0 Å². The van der Waals surface area contributed by atoms with E-state index in [-0.39, 0.29) is 22.9 Å². The van der Waals surface area contributed by atoms with E-state index in [1.807, 2.05) is 0 Å². The van der Waals surface area contributed by atoms with Crippen molar-refractivity contribution in [3.8, 4) is 0 Å². The highest BCUT2D eigenvalue weighted by molar-refractivity contribution is 6.28. The molecule has 0 amide bonds. The Labute approximate surface area is 140 Å². The van der Waals surface area contributed by atoms with E-state index in [2.05, 4.69) is 30.7 Å². The lowest BCUT2D eigenvalue weighted by Gasteiger charge is -2.19. The predicted octanol–water partition coefficient (Wildman–Crippen LogP) is 3.82. The van der Waals surface area contributed by atoms with E-state index in [1.165, 1.54) is 6.07 Å². The second-order valence-electron chi connectivity index (χ2n) is 5.62. The first-order chi connectivity index (χ1) is 11.0. The summed E-state index contributed by atoms with van der Waals surface area (Å²) in [6.45, 7) is 5.41. The van der Waals surface area contributed by atoms with Crippen LogP contribution < -0.4 is 10.8 Å². The number of aromatic nitrogens is 4. The highest BCUT2D eigenvalue weighted by Crippen LogP contribution is 2.29. The zero-order chi connectivity index (χ0) is 18.0. The van der Waals surface area contributed by atoms with Crippen molar-refractivity contribution >= 4 is 29.2 Å². The van der Waals surface area contributed by atoms with Crippen LogP contribution >= 0.6 is 11.6 Å². The molecule has 11 heteroatoms. The van der Waals surface area contributed by atoms with Crippen molar-refractivity contribution in [2.45, 2.75) is 32.5 Å². The van der Waals surface area contributed by atoms with Crippen LogP contribution in [0, 0.1) is 0 Å². The van der Waals surface area contributed by atoms with Gasteiger partial charge in [0.05, 0.1) is 5.60 Å². The summed E-state index contributed by atoms with van der Waals surface area (Å²) in [5, 5.41) is 2.46. The SMILES string of the molecule is CC(C)(C)ONc1nc(Cl)nc(Nc2ccnc(C(F)(F)F)c2)n1. The number of halogens is 4. The van der Waals surface area contributed by atoms with Crippen LogP contribution in [0.15, 0.2) is 18.3 Å². The predicted molar refractivity (Wildman–Crippen MR) is 81.8 cm³/mol. The number of nitrogens with zero attached hydrogens (tertiary/aromatic N) is 4. The summed E-state index contributed by atoms with van der Waals surface area (Å²) in [5.74, 6) is -0.0353. The first-order valence-corrected chi connectivity index (χ1v) is 7.06. The van der Waals surface area contributed by atoms with Crippen LogP contribution in [0.3, 0.4) is 0 Å². The van der Waals surface area contributed by atoms with Gasteiger partial charge in [0, 0.05) is 11.9 Å². The normalized spacial score (nSPS) is 12.1. The van der Waals surface area contributed by atoms with Crippen molar-refractivity contribution in [2.24, 2.45) is 0 Å². The van der Waals surface area contributed by atoms with Gasteiger partial charge < -0.3 is 5.32 Å². The van der Waals surface area contributed by atoms with Crippen molar-refractivity contribution in [1.82, 2.24) is 19.9 Å². The fourth-order valence-electron chi connectivity index (χ4n) is 1.44. The van der Waals surface area contributed by atoms with Gasteiger partial charge in [-0.25, -0.2) is 5.48 Å². The molecule has 2 aromatic rings. The molecule has 7 nitrogen and oxygen atoms in total. The van der Waals surface area contributed by atoms with E-state index in [0.717, 1.165) is 12.3 Å². The van der Waals surface area contributed by atoms with Gasteiger partial charge in [0.15, 0.2) is 0 Å². The average Bonchev–Trinajstić information content (AvgIpc) is 2.43. The molecule has 0 unspecified atom stereocenters. The summed E-state index contributed by atoms with van der Waals surface area (Å²) in [7, 11) is 0. The number of hydrogen-bond donors (Lipinski definition) is 2. The maximum Gasteiger partial charge on any atom is 0.433 e. The third-order valence-electron chi connectivity index (χ3n) is 2.36. The highest BCUT2D eigenvalue weighted by Gasteiger charge is 2.32.